The summed E-state index contributed by atoms with van der Waals surface area (Å²) in [5.41, 5.74) is 1.18. The third-order valence-corrected chi connectivity index (χ3v) is 5.56. The van der Waals surface area contributed by atoms with Crippen LogP contribution < -0.4 is 5.32 Å². The summed E-state index contributed by atoms with van der Waals surface area (Å²) in [6, 6.07) is 0.502. The van der Waals surface area contributed by atoms with E-state index in [4.69, 9.17) is 4.98 Å². The van der Waals surface area contributed by atoms with Crippen molar-refractivity contribution in [2.45, 2.75) is 52.1 Å². The second-order valence-corrected chi connectivity index (χ2v) is 8.13. The summed E-state index contributed by atoms with van der Waals surface area (Å²) < 4.78 is 0. The zero-order valence-electron chi connectivity index (χ0n) is 15.0. The summed E-state index contributed by atoms with van der Waals surface area (Å²) in [5.74, 6) is 1.46. The van der Waals surface area contributed by atoms with E-state index >= 15 is 0 Å². The number of piperazine rings is 1. The molecule has 1 saturated heterocycles. The van der Waals surface area contributed by atoms with Gasteiger partial charge >= 0.3 is 0 Å². The van der Waals surface area contributed by atoms with Gasteiger partial charge in [0.1, 0.15) is 5.01 Å². The summed E-state index contributed by atoms with van der Waals surface area (Å²) in [6.45, 7) is 9.19. The van der Waals surface area contributed by atoms with Crippen LogP contribution in [-0.2, 0) is 11.3 Å². The molecule has 0 aromatic carbocycles. The van der Waals surface area contributed by atoms with Crippen molar-refractivity contribution in [1.82, 2.24) is 20.1 Å². The molecule has 6 nitrogen and oxygen atoms in total. The molecule has 0 unspecified atom stereocenters. The summed E-state index contributed by atoms with van der Waals surface area (Å²) in [4.78, 5) is 26.7. The van der Waals surface area contributed by atoms with Crippen LogP contribution in [0.15, 0.2) is 4.99 Å². The number of hydrogen-bond acceptors (Lipinski definition) is 4. The minimum absolute atomic E-state index is 0.221. The quantitative estimate of drug-likeness (QED) is 0.667. The van der Waals surface area contributed by atoms with Gasteiger partial charge in [0.15, 0.2) is 5.96 Å². The summed E-state index contributed by atoms with van der Waals surface area (Å²) in [6.07, 6.45) is 2.33. The van der Waals surface area contributed by atoms with E-state index in [-0.39, 0.29) is 5.91 Å². The maximum atomic E-state index is 12.3. The van der Waals surface area contributed by atoms with Crippen molar-refractivity contribution in [2.75, 3.05) is 26.7 Å². The van der Waals surface area contributed by atoms with Crippen molar-refractivity contribution in [2.24, 2.45) is 4.99 Å². The fourth-order valence-electron chi connectivity index (χ4n) is 3.20. The van der Waals surface area contributed by atoms with Gasteiger partial charge in [-0.1, -0.05) is 13.8 Å². The van der Waals surface area contributed by atoms with Crippen LogP contribution in [-0.4, -0.2) is 59.4 Å². The Hall–Kier alpha value is -1.63. The topological polar surface area (TPSA) is 60.8 Å². The molecule has 1 amide bonds. The molecule has 24 heavy (non-hydrogen) atoms. The van der Waals surface area contributed by atoms with Crippen LogP contribution in [0.2, 0.25) is 0 Å². The molecule has 2 fully saturated rings. The Labute approximate surface area is 148 Å². The highest BCUT2D eigenvalue weighted by molar-refractivity contribution is 7.11. The van der Waals surface area contributed by atoms with Gasteiger partial charge in [-0.25, -0.2) is 4.98 Å². The highest BCUT2D eigenvalue weighted by atomic mass is 32.1. The number of hydrogen-bond donors (Lipinski definition) is 1. The number of rotatable bonds is 4. The van der Waals surface area contributed by atoms with Crippen molar-refractivity contribution in [3.05, 3.63) is 15.6 Å². The molecule has 1 aromatic rings. The number of aliphatic imine (C=N–C) groups is 1. The van der Waals surface area contributed by atoms with E-state index < -0.39 is 0 Å². The summed E-state index contributed by atoms with van der Waals surface area (Å²) in [5, 5.41) is 4.44. The van der Waals surface area contributed by atoms with Gasteiger partial charge in [-0.3, -0.25) is 9.79 Å². The first-order valence-corrected chi connectivity index (χ1v) is 9.52. The number of aromatic nitrogens is 1. The van der Waals surface area contributed by atoms with Gasteiger partial charge in [0.05, 0.1) is 18.8 Å². The summed E-state index contributed by atoms with van der Waals surface area (Å²) >= 11 is 1.73. The molecule has 1 N–H and O–H groups in total. The Morgan fingerprint density at radius 3 is 2.71 bits per heavy atom. The standard InChI is InChI=1S/C17H27N5OS/c1-11(2)16-12(3)24-14(20-16)9-19-17(18-4)21-7-8-22(13-5-6-13)15(23)10-21/h11,13H,5-10H2,1-4H3,(H,18,19). The maximum Gasteiger partial charge on any atom is 0.242 e. The lowest BCUT2D eigenvalue weighted by molar-refractivity contribution is -0.135. The van der Waals surface area contributed by atoms with Gasteiger partial charge in [-0.2, -0.15) is 0 Å². The highest BCUT2D eigenvalue weighted by Crippen LogP contribution is 2.28. The molecule has 1 saturated carbocycles. The maximum absolute atomic E-state index is 12.3. The summed E-state index contributed by atoms with van der Waals surface area (Å²) in [7, 11) is 1.77. The van der Waals surface area contributed by atoms with Crippen molar-refractivity contribution in [1.29, 1.82) is 0 Å². The van der Waals surface area contributed by atoms with Gasteiger partial charge in [-0.15, -0.1) is 11.3 Å². The van der Waals surface area contributed by atoms with Gasteiger partial charge in [0, 0.05) is 31.1 Å². The zero-order valence-corrected chi connectivity index (χ0v) is 15.8. The molecule has 2 aliphatic rings. The number of carbonyl (C=O) groups is 1. The molecule has 7 heteroatoms. The molecule has 132 valence electrons. The Bertz CT molecular complexity index is 635. The fraction of sp³-hybridized carbons (Fsp3) is 0.706. The van der Waals surface area contributed by atoms with Gasteiger partial charge in [0.25, 0.3) is 0 Å². The van der Waals surface area contributed by atoms with Crippen molar-refractivity contribution >= 4 is 23.2 Å². The number of thiazole rings is 1. The van der Waals surface area contributed by atoms with E-state index in [0.29, 0.717) is 25.0 Å². The average Bonchev–Trinajstić information content (AvgIpc) is 3.30. The van der Waals surface area contributed by atoms with Crippen LogP contribution in [0.1, 0.15) is 48.2 Å². The Morgan fingerprint density at radius 1 is 1.42 bits per heavy atom. The molecular formula is C17H27N5OS. The van der Waals surface area contributed by atoms with E-state index in [9.17, 15) is 4.79 Å². The molecular weight excluding hydrogens is 322 g/mol. The van der Waals surface area contributed by atoms with Gasteiger partial charge in [-0.05, 0) is 25.7 Å². The Kier molecular flexibility index (Phi) is 5.08. The number of nitrogens with zero attached hydrogens (tertiary/aromatic N) is 4. The molecule has 0 atom stereocenters. The average molecular weight is 350 g/mol. The fourth-order valence-corrected chi connectivity index (χ4v) is 4.23. The second-order valence-electron chi connectivity index (χ2n) is 6.84. The van der Waals surface area contributed by atoms with Crippen LogP contribution in [0.25, 0.3) is 0 Å². The van der Waals surface area contributed by atoms with Crippen molar-refractivity contribution < 1.29 is 4.79 Å². The van der Waals surface area contributed by atoms with E-state index in [2.05, 4.69) is 31.1 Å². The van der Waals surface area contributed by atoms with Crippen LogP contribution in [0.4, 0.5) is 0 Å². The Morgan fingerprint density at radius 2 is 2.17 bits per heavy atom. The lowest BCUT2D eigenvalue weighted by Gasteiger charge is -2.36. The largest absolute Gasteiger partial charge is 0.350 e. The smallest absolute Gasteiger partial charge is 0.242 e. The first kappa shape index (κ1) is 17.2. The molecule has 0 spiro atoms. The molecule has 1 aliphatic heterocycles. The molecule has 2 heterocycles. The number of amides is 1. The molecule has 1 aliphatic carbocycles. The van der Waals surface area contributed by atoms with Crippen LogP contribution in [0.3, 0.4) is 0 Å². The normalized spacial score (nSPS) is 19.4. The van der Waals surface area contributed by atoms with Crippen LogP contribution in [0.5, 0.6) is 0 Å². The van der Waals surface area contributed by atoms with Gasteiger partial charge in [0.2, 0.25) is 5.91 Å². The van der Waals surface area contributed by atoms with Crippen molar-refractivity contribution in [3.8, 4) is 0 Å². The van der Waals surface area contributed by atoms with E-state index in [0.717, 1.165) is 24.1 Å². The molecule has 1 aromatic heterocycles. The zero-order chi connectivity index (χ0) is 17.3. The monoisotopic (exact) mass is 349 g/mol. The number of carbonyl (C=O) groups excluding carboxylic acids is 1. The van der Waals surface area contributed by atoms with Gasteiger partial charge < -0.3 is 15.1 Å². The second kappa shape index (κ2) is 7.09. The minimum atomic E-state index is 0.221. The first-order valence-electron chi connectivity index (χ1n) is 8.71. The Balaban J connectivity index is 1.57. The predicted octanol–water partition coefficient (Wildman–Crippen LogP) is 1.96. The highest BCUT2D eigenvalue weighted by Gasteiger charge is 2.36. The van der Waals surface area contributed by atoms with Crippen molar-refractivity contribution in [3.63, 3.8) is 0 Å². The number of aryl methyl sites for hydroxylation is 1. The van der Waals surface area contributed by atoms with Crippen LogP contribution in [0, 0.1) is 6.92 Å². The van der Waals surface area contributed by atoms with Crippen LogP contribution >= 0.6 is 11.3 Å². The number of guanidine groups is 1. The first-order chi connectivity index (χ1) is 11.5. The lowest BCUT2D eigenvalue weighted by atomic mass is 10.1. The SMILES string of the molecule is CN=C(NCc1nc(C(C)C)c(C)s1)N1CCN(C2CC2)C(=O)C1. The molecule has 0 radical (unpaired) electrons. The third kappa shape index (κ3) is 3.71. The predicted molar refractivity (Wildman–Crippen MR) is 97.4 cm³/mol. The third-order valence-electron chi connectivity index (χ3n) is 4.58. The van der Waals surface area contributed by atoms with E-state index in [1.807, 2.05) is 9.80 Å². The van der Waals surface area contributed by atoms with E-state index in [1.54, 1.807) is 18.4 Å². The number of nitrogens with one attached hydrogen (secondary N) is 1. The molecule has 0 bridgehead atoms. The lowest BCUT2D eigenvalue weighted by Crippen LogP contribution is -2.55. The van der Waals surface area contributed by atoms with E-state index in [1.165, 1.54) is 23.4 Å². The molecule has 3 rings (SSSR count). The minimum Gasteiger partial charge on any atom is -0.350 e.